The number of nitrogens with one attached hydrogen (secondary N) is 1. The minimum absolute atomic E-state index is 0.220. The normalized spacial score (nSPS) is 9.94. The third-order valence-corrected chi connectivity index (χ3v) is 2.29. The Morgan fingerprint density at radius 3 is 2.71 bits per heavy atom. The summed E-state index contributed by atoms with van der Waals surface area (Å²) >= 11 is 0. The molecule has 0 fully saturated rings. The molecule has 0 saturated heterocycles. The molecule has 2 rings (SSSR count). The zero-order chi connectivity index (χ0) is 12.1. The van der Waals surface area contributed by atoms with Gasteiger partial charge in [0.05, 0.1) is 13.7 Å². The Hall–Kier alpha value is -2.23. The van der Waals surface area contributed by atoms with Gasteiger partial charge in [0.25, 0.3) is 0 Å². The van der Waals surface area contributed by atoms with Gasteiger partial charge >= 0.3 is 5.97 Å². The molecule has 4 nitrogen and oxygen atoms in total. The van der Waals surface area contributed by atoms with Crippen LogP contribution in [0.2, 0.25) is 0 Å². The fourth-order valence-corrected chi connectivity index (χ4v) is 1.43. The smallest absolute Gasteiger partial charge is 0.373 e. The maximum atomic E-state index is 11.2. The largest absolute Gasteiger partial charge is 0.463 e. The van der Waals surface area contributed by atoms with Crippen LogP contribution in [0.1, 0.15) is 16.3 Å². The molecule has 0 unspecified atom stereocenters. The number of methoxy groups -OCH3 is 1. The number of ether oxygens (including phenoxy) is 1. The van der Waals surface area contributed by atoms with Crippen LogP contribution in [-0.4, -0.2) is 13.1 Å². The number of esters is 1. The zero-order valence-electron chi connectivity index (χ0n) is 9.47. The van der Waals surface area contributed by atoms with Crippen LogP contribution in [0.25, 0.3) is 0 Å². The average molecular weight is 231 g/mol. The maximum absolute atomic E-state index is 11.2. The standard InChI is InChI=1S/C13H13NO3/c1-16-13(15)12-8-7-11(17-12)9-14-10-5-3-2-4-6-10/h2-8,14H,9H2,1H3. The van der Waals surface area contributed by atoms with Gasteiger partial charge in [-0.3, -0.25) is 0 Å². The molecule has 1 aromatic carbocycles. The Kier molecular flexibility index (Phi) is 3.45. The van der Waals surface area contributed by atoms with Gasteiger partial charge in [0, 0.05) is 5.69 Å². The Morgan fingerprint density at radius 1 is 1.24 bits per heavy atom. The Balaban J connectivity index is 1.96. The highest BCUT2D eigenvalue weighted by Crippen LogP contribution is 2.12. The van der Waals surface area contributed by atoms with Crippen molar-refractivity contribution < 1.29 is 13.9 Å². The first-order chi connectivity index (χ1) is 8.29. The SMILES string of the molecule is COC(=O)c1ccc(CNc2ccccc2)o1. The molecule has 2 aromatic rings. The molecule has 0 atom stereocenters. The molecule has 0 amide bonds. The minimum atomic E-state index is -0.462. The van der Waals surface area contributed by atoms with Crippen LogP contribution >= 0.6 is 0 Å². The van der Waals surface area contributed by atoms with Crippen molar-refractivity contribution in [2.24, 2.45) is 0 Å². The molecule has 17 heavy (non-hydrogen) atoms. The van der Waals surface area contributed by atoms with E-state index in [2.05, 4.69) is 10.1 Å². The lowest BCUT2D eigenvalue weighted by atomic mass is 10.3. The molecule has 0 aliphatic heterocycles. The van der Waals surface area contributed by atoms with Crippen molar-refractivity contribution in [3.8, 4) is 0 Å². The monoisotopic (exact) mass is 231 g/mol. The Bertz CT molecular complexity index is 490. The number of furan rings is 1. The highest BCUT2D eigenvalue weighted by Gasteiger charge is 2.10. The van der Waals surface area contributed by atoms with Gasteiger partial charge in [0.2, 0.25) is 5.76 Å². The van der Waals surface area contributed by atoms with E-state index in [1.165, 1.54) is 7.11 Å². The summed E-state index contributed by atoms with van der Waals surface area (Å²) in [4.78, 5) is 11.2. The predicted octanol–water partition coefficient (Wildman–Crippen LogP) is 2.68. The summed E-state index contributed by atoms with van der Waals surface area (Å²) in [5.41, 5.74) is 1.00. The molecule has 1 N–H and O–H groups in total. The fraction of sp³-hybridized carbons (Fsp3) is 0.154. The van der Waals surface area contributed by atoms with Crippen LogP contribution in [0, 0.1) is 0 Å². The van der Waals surface area contributed by atoms with Crippen LogP contribution in [-0.2, 0) is 11.3 Å². The van der Waals surface area contributed by atoms with Crippen molar-refractivity contribution >= 4 is 11.7 Å². The van der Waals surface area contributed by atoms with Crippen molar-refractivity contribution in [1.29, 1.82) is 0 Å². The second-order valence-electron chi connectivity index (χ2n) is 3.48. The second-order valence-corrected chi connectivity index (χ2v) is 3.48. The number of anilines is 1. The number of para-hydroxylation sites is 1. The van der Waals surface area contributed by atoms with E-state index in [1.807, 2.05) is 30.3 Å². The van der Waals surface area contributed by atoms with E-state index in [0.29, 0.717) is 12.3 Å². The van der Waals surface area contributed by atoms with Crippen LogP contribution in [0.5, 0.6) is 0 Å². The number of carbonyl (C=O) groups excluding carboxylic acids is 1. The summed E-state index contributed by atoms with van der Waals surface area (Å²) in [5, 5.41) is 3.19. The first kappa shape index (κ1) is 11.3. The molecule has 1 heterocycles. The Morgan fingerprint density at radius 2 is 2.00 bits per heavy atom. The van der Waals surface area contributed by atoms with E-state index < -0.39 is 5.97 Å². The molecule has 1 aromatic heterocycles. The quantitative estimate of drug-likeness (QED) is 0.822. The molecule has 0 aliphatic rings. The lowest BCUT2D eigenvalue weighted by Crippen LogP contribution is -2.00. The lowest BCUT2D eigenvalue weighted by molar-refractivity contribution is 0.0563. The summed E-state index contributed by atoms with van der Waals surface area (Å²) in [6.07, 6.45) is 0. The fourth-order valence-electron chi connectivity index (χ4n) is 1.43. The topological polar surface area (TPSA) is 51.5 Å². The zero-order valence-corrected chi connectivity index (χ0v) is 9.47. The van der Waals surface area contributed by atoms with Crippen LogP contribution in [0.3, 0.4) is 0 Å². The van der Waals surface area contributed by atoms with Crippen molar-refractivity contribution in [3.05, 3.63) is 54.0 Å². The summed E-state index contributed by atoms with van der Waals surface area (Å²) < 4.78 is 9.88. The van der Waals surface area contributed by atoms with Gasteiger partial charge in [0.1, 0.15) is 5.76 Å². The first-order valence-electron chi connectivity index (χ1n) is 5.25. The highest BCUT2D eigenvalue weighted by molar-refractivity contribution is 5.86. The highest BCUT2D eigenvalue weighted by atomic mass is 16.5. The summed E-state index contributed by atoms with van der Waals surface area (Å²) in [6, 6.07) is 13.1. The third-order valence-electron chi connectivity index (χ3n) is 2.29. The molecule has 4 heteroatoms. The number of benzene rings is 1. The number of hydrogen-bond donors (Lipinski definition) is 1. The summed E-state index contributed by atoms with van der Waals surface area (Å²) in [7, 11) is 1.33. The van der Waals surface area contributed by atoms with E-state index in [4.69, 9.17) is 4.42 Å². The molecular formula is C13H13NO3. The Labute approximate surface area is 99.2 Å². The molecule has 0 bridgehead atoms. The summed E-state index contributed by atoms with van der Waals surface area (Å²) in [5.74, 6) is 0.447. The van der Waals surface area contributed by atoms with E-state index in [0.717, 1.165) is 5.69 Å². The van der Waals surface area contributed by atoms with Gasteiger partial charge in [-0.25, -0.2) is 4.79 Å². The van der Waals surface area contributed by atoms with Crippen LogP contribution in [0.4, 0.5) is 5.69 Å². The van der Waals surface area contributed by atoms with Gasteiger partial charge in [0.15, 0.2) is 0 Å². The molecule has 0 spiro atoms. The van der Waals surface area contributed by atoms with E-state index in [9.17, 15) is 4.79 Å². The first-order valence-corrected chi connectivity index (χ1v) is 5.25. The maximum Gasteiger partial charge on any atom is 0.373 e. The lowest BCUT2D eigenvalue weighted by Gasteiger charge is -2.03. The van der Waals surface area contributed by atoms with Crippen LogP contribution in [0.15, 0.2) is 46.9 Å². The van der Waals surface area contributed by atoms with Crippen molar-refractivity contribution in [2.75, 3.05) is 12.4 Å². The molecule has 88 valence electrons. The van der Waals surface area contributed by atoms with Crippen molar-refractivity contribution in [3.63, 3.8) is 0 Å². The van der Waals surface area contributed by atoms with Crippen LogP contribution < -0.4 is 5.32 Å². The number of hydrogen-bond acceptors (Lipinski definition) is 4. The van der Waals surface area contributed by atoms with Gasteiger partial charge in [-0.2, -0.15) is 0 Å². The van der Waals surface area contributed by atoms with E-state index in [1.54, 1.807) is 12.1 Å². The predicted molar refractivity (Wildman–Crippen MR) is 63.8 cm³/mol. The average Bonchev–Trinajstić information content (AvgIpc) is 2.85. The third kappa shape index (κ3) is 2.87. The molecule has 0 saturated carbocycles. The van der Waals surface area contributed by atoms with Gasteiger partial charge in [-0.1, -0.05) is 18.2 Å². The van der Waals surface area contributed by atoms with Gasteiger partial charge in [-0.15, -0.1) is 0 Å². The van der Waals surface area contributed by atoms with Crippen molar-refractivity contribution in [1.82, 2.24) is 0 Å². The van der Waals surface area contributed by atoms with Crippen molar-refractivity contribution in [2.45, 2.75) is 6.54 Å². The molecular weight excluding hydrogens is 218 g/mol. The molecule has 0 aliphatic carbocycles. The van der Waals surface area contributed by atoms with Gasteiger partial charge < -0.3 is 14.5 Å². The molecule has 0 radical (unpaired) electrons. The minimum Gasteiger partial charge on any atom is -0.463 e. The summed E-state index contributed by atoms with van der Waals surface area (Å²) in [6.45, 7) is 0.529. The second kappa shape index (κ2) is 5.21. The number of carbonyl (C=O) groups is 1. The van der Waals surface area contributed by atoms with E-state index >= 15 is 0 Å². The van der Waals surface area contributed by atoms with E-state index in [-0.39, 0.29) is 5.76 Å². The number of rotatable bonds is 4. The van der Waals surface area contributed by atoms with Gasteiger partial charge in [-0.05, 0) is 24.3 Å².